The molecular weight excluding hydrogens is 246 g/mol. The van der Waals surface area contributed by atoms with Gasteiger partial charge in [0.15, 0.2) is 0 Å². The van der Waals surface area contributed by atoms with Gasteiger partial charge >= 0.3 is 0 Å². The normalized spacial score (nSPS) is 11.2. The zero-order valence-corrected chi connectivity index (χ0v) is 13.5. The lowest BCUT2D eigenvalue weighted by Gasteiger charge is -2.21. The highest BCUT2D eigenvalue weighted by molar-refractivity contribution is 5.11. The van der Waals surface area contributed by atoms with E-state index >= 15 is 0 Å². The van der Waals surface area contributed by atoms with E-state index in [0.29, 0.717) is 0 Å². The van der Waals surface area contributed by atoms with Crippen molar-refractivity contribution in [2.45, 2.75) is 59.5 Å². The Labute approximate surface area is 124 Å². The zero-order chi connectivity index (χ0) is 14.6. The predicted octanol–water partition coefficient (Wildman–Crippen LogP) is 3.59. The van der Waals surface area contributed by atoms with Crippen LogP contribution in [-0.2, 0) is 13.1 Å². The van der Waals surface area contributed by atoms with Gasteiger partial charge in [-0.25, -0.2) is 0 Å². The Kier molecular flexibility index (Phi) is 9.25. The Morgan fingerprint density at radius 2 is 1.65 bits per heavy atom. The van der Waals surface area contributed by atoms with Crippen LogP contribution in [0.2, 0.25) is 0 Å². The van der Waals surface area contributed by atoms with Crippen LogP contribution in [0.3, 0.4) is 0 Å². The molecule has 0 amide bonds. The van der Waals surface area contributed by atoms with Gasteiger partial charge in [0.1, 0.15) is 0 Å². The van der Waals surface area contributed by atoms with Crippen molar-refractivity contribution in [1.82, 2.24) is 15.2 Å². The quantitative estimate of drug-likeness (QED) is 0.670. The number of pyridine rings is 1. The maximum absolute atomic E-state index is 4.76. The molecule has 1 N–H and O–H groups in total. The van der Waals surface area contributed by atoms with Crippen molar-refractivity contribution < 1.29 is 0 Å². The minimum Gasteiger partial charge on any atom is -0.311 e. The lowest BCUT2D eigenvalue weighted by Crippen LogP contribution is -2.26. The van der Waals surface area contributed by atoms with Crippen molar-refractivity contribution in [1.29, 1.82) is 0 Å². The molecule has 0 aromatic carbocycles. The Hall–Kier alpha value is -0.930. The van der Waals surface area contributed by atoms with E-state index in [1.54, 1.807) is 0 Å². The van der Waals surface area contributed by atoms with Crippen LogP contribution in [0.25, 0.3) is 0 Å². The van der Waals surface area contributed by atoms with Crippen LogP contribution in [0.4, 0.5) is 0 Å². The van der Waals surface area contributed by atoms with E-state index in [0.717, 1.165) is 25.3 Å². The largest absolute Gasteiger partial charge is 0.311 e. The summed E-state index contributed by atoms with van der Waals surface area (Å²) in [7, 11) is 0. The third-order valence-electron chi connectivity index (χ3n) is 3.46. The van der Waals surface area contributed by atoms with Crippen LogP contribution in [0.5, 0.6) is 0 Å². The number of rotatable bonds is 11. The molecule has 114 valence electrons. The minimum absolute atomic E-state index is 0.869. The van der Waals surface area contributed by atoms with E-state index < -0.39 is 0 Å². The molecule has 3 nitrogen and oxygen atoms in total. The number of nitrogens with zero attached hydrogens (tertiary/aromatic N) is 2. The van der Waals surface area contributed by atoms with Gasteiger partial charge in [0.2, 0.25) is 0 Å². The summed E-state index contributed by atoms with van der Waals surface area (Å²) in [6, 6.07) is 6.39. The molecule has 0 saturated heterocycles. The second-order valence-corrected chi connectivity index (χ2v) is 5.38. The first kappa shape index (κ1) is 17.1. The standard InChI is InChI=1S/C17H31N3/c1-4-7-12-20(13-8-5-2)15-17-11-9-10-16(19-17)14-18-6-3/h9-11,18H,4-8,12-15H2,1-3H3. The SMILES string of the molecule is CCCCN(CCCC)Cc1cccc(CNCC)n1. The number of hydrogen-bond donors (Lipinski definition) is 1. The molecule has 0 saturated carbocycles. The number of hydrogen-bond acceptors (Lipinski definition) is 3. The number of aromatic nitrogens is 1. The summed E-state index contributed by atoms with van der Waals surface area (Å²) >= 11 is 0. The molecule has 0 unspecified atom stereocenters. The van der Waals surface area contributed by atoms with Crippen molar-refractivity contribution in [3.05, 3.63) is 29.6 Å². The Morgan fingerprint density at radius 1 is 1.00 bits per heavy atom. The first-order valence-corrected chi connectivity index (χ1v) is 8.18. The first-order chi connectivity index (χ1) is 9.80. The summed E-state index contributed by atoms with van der Waals surface area (Å²) in [6.07, 6.45) is 5.08. The highest BCUT2D eigenvalue weighted by Crippen LogP contribution is 2.07. The first-order valence-electron chi connectivity index (χ1n) is 8.18. The van der Waals surface area contributed by atoms with Gasteiger partial charge in [0, 0.05) is 13.1 Å². The number of unbranched alkanes of at least 4 members (excludes halogenated alkanes) is 2. The molecule has 0 aliphatic rings. The average Bonchev–Trinajstić information content (AvgIpc) is 2.48. The minimum atomic E-state index is 0.869. The van der Waals surface area contributed by atoms with Crippen molar-refractivity contribution in [3.8, 4) is 0 Å². The lowest BCUT2D eigenvalue weighted by molar-refractivity contribution is 0.254. The third-order valence-corrected chi connectivity index (χ3v) is 3.46. The molecule has 0 aliphatic carbocycles. The van der Waals surface area contributed by atoms with E-state index in [4.69, 9.17) is 4.98 Å². The highest BCUT2D eigenvalue weighted by Gasteiger charge is 2.06. The molecule has 0 fully saturated rings. The molecule has 1 aromatic rings. The molecule has 3 heteroatoms. The van der Waals surface area contributed by atoms with Crippen LogP contribution < -0.4 is 5.32 Å². The lowest BCUT2D eigenvalue weighted by atomic mass is 10.2. The summed E-state index contributed by atoms with van der Waals surface area (Å²) in [5.41, 5.74) is 2.35. The Bertz CT molecular complexity index is 344. The van der Waals surface area contributed by atoms with Gasteiger partial charge < -0.3 is 5.32 Å². The third kappa shape index (κ3) is 7.01. The topological polar surface area (TPSA) is 28.2 Å². The van der Waals surface area contributed by atoms with E-state index in [9.17, 15) is 0 Å². The van der Waals surface area contributed by atoms with Crippen LogP contribution in [-0.4, -0.2) is 29.5 Å². The van der Waals surface area contributed by atoms with Crippen molar-refractivity contribution in [2.75, 3.05) is 19.6 Å². The van der Waals surface area contributed by atoms with Crippen LogP contribution in [0.15, 0.2) is 18.2 Å². The van der Waals surface area contributed by atoms with Crippen molar-refractivity contribution in [2.24, 2.45) is 0 Å². The zero-order valence-electron chi connectivity index (χ0n) is 13.5. The van der Waals surface area contributed by atoms with E-state index in [2.05, 4.69) is 49.2 Å². The van der Waals surface area contributed by atoms with E-state index in [-0.39, 0.29) is 0 Å². The van der Waals surface area contributed by atoms with Gasteiger partial charge in [-0.2, -0.15) is 0 Å². The van der Waals surface area contributed by atoms with Gasteiger partial charge in [0.25, 0.3) is 0 Å². The second kappa shape index (κ2) is 10.8. The summed E-state index contributed by atoms with van der Waals surface area (Å²) < 4.78 is 0. The van der Waals surface area contributed by atoms with Gasteiger partial charge in [-0.05, 0) is 44.6 Å². The van der Waals surface area contributed by atoms with Gasteiger partial charge in [-0.3, -0.25) is 9.88 Å². The molecule has 1 rings (SSSR count). The molecule has 0 aliphatic heterocycles. The Morgan fingerprint density at radius 3 is 2.25 bits per heavy atom. The van der Waals surface area contributed by atoms with Gasteiger partial charge in [-0.1, -0.05) is 39.7 Å². The highest BCUT2D eigenvalue weighted by atomic mass is 15.1. The van der Waals surface area contributed by atoms with E-state index in [1.807, 2.05) is 0 Å². The molecule has 1 aromatic heterocycles. The summed E-state index contributed by atoms with van der Waals surface area (Å²) in [5.74, 6) is 0. The molecule has 1 heterocycles. The van der Waals surface area contributed by atoms with Gasteiger partial charge in [0.05, 0.1) is 11.4 Å². The van der Waals surface area contributed by atoms with Crippen molar-refractivity contribution in [3.63, 3.8) is 0 Å². The molecule has 0 spiro atoms. The summed E-state index contributed by atoms with van der Waals surface area (Å²) in [5, 5.41) is 3.34. The fourth-order valence-electron chi connectivity index (χ4n) is 2.23. The predicted molar refractivity (Wildman–Crippen MR) is 86.7 cm³/mol. The smallest absolute Gasteiger partial charge is 0.0547 e. The molecule has 0 atom stereocenters. The second-order valence-electron chi connectivity index (χ2n) is 5.38. The number of nitrogens with one attached hydrogen (secondary N) is 1. The van der Waals surface area contributed by atoms with Crippen LogP contribution >= 0.6 is 0 Å². The monoisotopic (exact) mass is 277 g/mol. The van der Waals surface area contributed by atoms with Crippen LogP contribution in [0, 0.1) is 0 Å². The molecule has 0 radical (unpaired) electrons. The average molecular weight is 277 g/mol. The summed E-state index contributed by atoms with van der Waals surface area (Å²) in [4.78, 5) is 7.31. The fourth-order valence-corrected chi connectivity index (χ4v) is 2.23. The van der Waals surface area contributed by atoms with E-state index in [1.165, 1.54) is 44.5 Å². The maximum atomic E-state index is 4.76. The van der Waals surface area contributed by atoms with Gasteiger partial charge in [-0.15, -0.1) is 0 Å². The van der Waals surface area contributed by atoms with Crippen LogP contribution in [0.1, 0.15) is 57.8 Å². The Balaban J connectivity index is 2.56. The maximum Gasteiger partial charge on any atom is 0.0547 e. The fraction of sp³-hybridized carbons (Fsp3) is 0.706. The van der Waals surface area contributed by atoms with Crippen molar-refractivity contribution >= 4 is 0 Å². The molecule has 0 bridgehead atoms. The molecular formula is C17H31N3. The summed E-state index contributed by atoms with van der Waals surface area (Å²) in [6.45, 7) is 11.9. The molecule has 20 heavy (non-hydrogen) atoms.